The van der Waals surface area contributed by atoms with Gasteiger partial charge in [-0.15, -0.1) is 0 Å². The lowest BCUT2D eigenvalue weighted by atomic mass is 10.2. The van der Waals surface area contributed by atoms with Gasteiger partial charge in [-0.25, -0.2) is 18.4 Å². The van der Waals surface area contributed by atoms with Gasteiger partial charge in [-0.05, 0) is 56.5 Å². The second kappa shape index (κ2) is 10.4. The van der Waals surface area contributed by atoms with Crippen LogP contribution in [0.25, 0.3) is 0 Å². The van der Waals surface area contributed by atoms with Crippen molar-refractivity contribution in [3.05, 3.63) is 42.4 Å². The lowest BCUT2D eigenvalue weighted by Gasteiger charge is -2.20. The van der Waals surface area contributed by atoms with Crippen LogP contribution in [0.15, 0.2) is 46.6 Å². The topological polar surface area (TPSA) is 92.3 Å². The van der Waals surface area contributed by atoms with Crippen molar-refractivity contribution < 1.29 is 13.2 Å². The highest BCUT2D eigenvalue weighted by Crippen LogP contribution is 2.26. The number of aromatic nitrogens is 2. The van der Waals surface area contributed by atoms with Crippen molar-refractivity contribution in [2.45, 2.75) is 61.1 Å². The maximum Gasteiger partial charge on any atom is 0.243 e. The molecule has 1 saturated heterocycles. The molecule has 1 aliphatic heterocycles. The van der Waals surface area contributed by atoms with E-state index in [2.05, 4.69) is 15.3 Å². The molecular weight excluding hydrogens is 420 g/mol. The third-order valence-electron chi connectivity index (χ3n) is 5.03. The Hall–Kier alpha value is -1.97. The maximum absolute atomic E-state index is 12.9. The fraction of sp³-hybridized carbons (Fsp3) is 0.476. The van der Waals surface area contributed by atoms with E-state index in [-0.39, 0.29) is 16.1 Å². The molecule has 7 nitrogen and oxygen atoms in total. The fourth-order valence-electron chi connectivity index (χ4n) is 3.33. The van der Waals surface area contributed by atoms with Crippen LogP contribution < -0.4 is 5.32 Å². The normalized spacial score (nSPS) is 16.6. The van der Waals surface area contributed by atoms with Gasteiger partial charge < -0.3 is 5.32 Å². The first-order chi connectivity index (χ1) is 14.4. The standard InChI is InChI=1S/C21H28N4O3S2/c1-3-19(29-20-14-16(2)22-15-23-20)21(26)24-17-8-10-18(11-9-17)30(27,28)25-12-6-4-5-7-13-25/h8-11,14-15,19H,3-7,12-13H2,1-2H3,(H,24,26). The van der Waals surface area contributed by atoms with Crippen LogP contribution in [0.3, 0.4) is 0 Å². The maximum atomic E-state index is 12.9. The van der Waals surface area contributed by atoms with Crippen LogP contribution >= 0.6 is 11.8 Å². The van der Waals surface area contributed by atoms with E-state index in [1.54, 1.807) is 28.6 Å². The lowest BCUT2D eigenvalue weighted by Crippen LogP contribution is -2.31. The van der Waals surface area contributed by atoms with Crippen molar-refractivity contribution in [2.24, 2.45) is 0 Å². The molecule has 162 valence electrons. The minimum absolute atomic E-state index is 0.137. The van der Waals surface area contributed by atoms with Crippen molar-refractivity contribution in [3.8, 4) is 0 Å². The monoisotopic (exact) mass is 448 g/mol. The van der Waals surface area contributed by atoms with Crippen molar-refractivity contribution >= 4 is 33.4 Å². The van der Waals surface area contributed by atoms with Gasteiger partial charge in [0.2, 0.25) is 15.9 Å². The highest BCUT2D eigenvalue weighted by atomic mass is 32.2. The van der Waals surface area contributed by atoms with Crippen LogP contribution in [-0.4, -0.2) is 46.9 Å². The number of amides is 1. The molecule has 3 rings (SSSR count). The Kier molecular flexibility index (Phi) is 7.85. The SMILES string of the molecule is CCC(Sc1cc(C)ncn1)C(=O)Nc1ccc(S(=O)(=O)N2CCCCCC2)cc1. The first-order valence-corrected chi connectivity index (χ1v) is 12.6. The third kappa shape index (κ3) is 5.80. The molecule has 2 heterocycles. The number of hydrogen-bond acceptors (Lipinski definition) is 6. The van der Waals surface area contributed by atoms with Gasteiger partial charge in [0.05, 0.1) is 10.1 Å². The lowest BCUT2D eigenvalue weighted by molar-refractivity contribution is -0.115. The van der Waals surface area contributed by atoms with E-state index in [9.17, 15) is 13.2 Å². The summed E-state index contributed by atoms with van der Waals surface area (Å²) in [6, 6.07) is 8.28. The van der Waals surface area contributed by atoms with Gasteiger partial charge in [-0.3, -0.25) is 4.79 Å². The smallest absolute Gasteiger partial charge is 0.243 e. The highest BCUT2D eigenvalue weighted by molar-refractivity contribution is 8.00. The van der Waals surface area contributed by atoms with E-state index in [0.717, 1.165) is 36.4 Å². The molecule has 1 unspecified atom stereocenters. The fourth-order valence-corrected chi connectivity index (χ4v) is 5.81. The molecule has 0 bridgehead atoms. The van der Waals surface area contributed by atoms with Crippen molar-refractivity contribution in [1.82, 2.24) is 14.3 Å². The molecule has 30 heavy (non-hydrogen) atoms. The summed E-state index contributed by atoms with van der Waals surface area (Å²) in [5.74, 6) is -0.137. The number of carbonyl (C=O) groups is 1. The Morgan fingerprint density at radius 3 is 2.40 bits per heavy atom. The van der Waals surface area contributed by atoms with Gasteiger partial charge in [-0.1, -0.05) is 31.5 Å². The first-order valence-electron chi connectivity index (χ1n) is 10.3. The second-order valence-corrected chi connectivity index (χ2v) is 10.5. The van der Waals surface area contributed by atoms with Gasteiger partial charge in [-0.2, -0.15) is 4.31 Å². The number of nitrogens with one attached hydrogen (secondary N) is 1. The van der Waals surface area contributed by atoms with Crippen LogP contribution in [0.2, 0.25) is 0 Å². The summed E-state index contributed by atoms with van der Waals surface area (Å²) in [5, 5.41) is 3.33. The summed E-state index contributed by atoms with van der Waals surface area (Å²) in [5.41, 5.74) is 1.43. The zero-order valence-electron chi connectivity index (χ0n) is 17.4. The Bertz CT molecular complexity index is 956. The minimum Gasteiger partial charge on any atom is -0.325 e. The van der Waals surface area contributed by atoms with Gasteiger partial charge in [0.1, 0.15) is 11.4 Å². The van der Waals surface area contributed by atoms with Crippen LogP contribution in [0, 0.1) is 6.92 Å². The number of carbonyl (C=O) groups excluding carboxylic acids is 1. The molecule has 1 N–H and O–H groups in total. The number of hydrogen-bond donors (Lipinski definition) is 1. The molecule has 0 spiro atoms. The second-order valence-electron chi connectivity index (χ2n) is 7.34. The summed E-state index contributed by atoms with van der Waals surface area (Å²) in [4.78, 5) is 21.2. The van der Waals surface area contributed by atoms with E-state index in [0.29, 0.717) is 25.2 Å². The zero-order valence-corrected chi connectivity index (χ0v) is 19.0. The van der Waals surface area contributed by atoms with Gasteiger partial charge in [0, 0.05) is 24.5 Å². The molecule has 1 amide bonds. The average molecular weight is 449 g/mol. The molecule has 1 aliphatic rings. The predicted molar refractivity (Wildman–Crippen MR) is 119 cm³/mol. The third-order valence-corrected chi connectivity index (χ3v) is 8.24. The summed E-state index contributed by atoms with van der Waals surface area (Å²) < 4.78 is 27.3. The van der Waals surface area contributed by atoms with Crippen LogP contribution in [0.4, 0.5) is 5.69 Å². The molecule has 9 heteroatoms. The van der Waals surface area contributed by atoms with Crippen LogP contribution in [0.5, 0.6) is 0 Å². The molecule has 1 aromatic heterocycles. The van der Waals surface area contributed by atoms with Crippen molar-refractivity contribution in [3.63, 3.8) is 0 Å². The predicted octanol–water partition coefficient (Wildman–Crippen LogP) is 3.86. The quantitative estimate of drug-likeness (QED) is 0.511. The first kappa shape index (κ1) is 22.7. The number of anilines is 1. The Morgan fingerprint density at radius 1 is 1.13 bits per heavy atom. The summed E-state index contributed by atoms with van der Waals surface area (Å²) >= 11 is 1.39. The van der Waals surface area contributed by atoms with E-state index < -0.39 is 10.0 Å². The van der Waals surface area contributed by atoms with Gasteiger partial charge in [0.15, 0.2) is 0 Å². The molecule has 2 aromatic rings. The molecule has 1 fully saturated rings. The van der Waals surface area contributed by atoms with Gasteiger partial charge in [0.25, 0.3) is 0 Å². The van der Waals surface area contributed by atoms with E-state index in [4.69, 9.17) is 0 Å². The Labute approximate surface area is 182 Å². The Balaban J connectivity index is 1.66. The van der Waals surface area contributed by atoms with Crippen LogP contribution in [0.1, 0.15) is 44.7 Å². The van der Waals surface area contributed by atoms with Crippen molar-refractivity contribution in [1.29, 1.82) is 0 Å². The summed E-state index contributed by atoms with van der Waals surface area (Å²) in [7, 11) is -3.49. The van der Waals surface area contributed by atoms with Crippen molar-refractivity contribution in [2.75, 3.05) is 18.4 Å². The zero-order chi connectivity index (χ0) is 21.6. The van der Waals surface area contributed by atoms with E-state index in [1.807, 2.05) is 19.9 Å². The molecule has 0 aliphatic carbocycles. The van der Waals surface area contributed by atoms with E-state index >= 15 is 0 Å². The largest absolute Gasteiger partial charge is 0.325 e. The molecule has 0 saturated carbocycles. The number of aryl methyl sites for hydroxylation is 1. The number of rotatable bonds is 7. The number of thioether (sulfide) groups is 1. The average Bonchev–Trinajstić information content (AvgIpc) is 3.02. The summed E-state index contributed by atoms with van der Waals surface area (Å²) in [6.07, 6.45) is 6.07. The Morgan fingerprint density at radius 2 is 1.80 bits per heavy atom. The number of benzene rings is 1. The summed E-state index contributed by atoms with van der Waals surface area (Å²) in [6.45, 7) is 4.97. The van der Waals surface area contributed by atoms with E-state index in [1.165, 1.54) is 18.1 Å². The molecule has 0 radical (unpaired) electrons. The molecule has 1 aromatic carbocycles. The molecular formula is C21H28N4O3S2. The number of nitrogens with zero attached hydrogens (tertiary/aromatic N) is 3. The molecule has 1 atom stereocenters. The van der Waals surface area contributed by atoms with Gasteiger partial charge >= 0.3 is 0 Å². The van der Waals surface area contributed by atoms with Crippen LogP contribution in [-0.2, 0) is 14.8 Å². The highest BCUT2D eigenvalue weighted by Gasteiger charge is 2.25. The minimum atomic E-state index is -3.49. The number of sulfonamides is 1.